The van der Waals surface area contributed by atoms with Crippen molar-refractivity contribution in [1.29, 1.82) is 0 Å². The molecule has 7 heteroatoms. The lowest BCUT2D eigenvalue weighted by Crippen LogP contribution is -2.31. The smallest absolute Gasteiger partial charge is 0.283 e. The predicted octanol–water partition coefficient (Wildman–Crippen LogP) is 6.13. The van der Waals surface area contributed by atoms with Gasteiger partial charge >= 0.3 is 0 Å². The van der Waals surface area contributed by atoms with Crippen LogP contribution in [0.2, 0.25) is 0 Å². The third-order valence-electron chi connectivity index (χ3n) is 4.49. The Labute approximate surface area is 164 Å². The van der Waals surface area contributed by atoms with Crippen LogP contribution in [0.25, 0.3) is 0 Å². The number of nitrogens with zero attached hydrogens (tertiary/aromatic N) is 1. The van der Waals surface area contributed by atoms with Crippen LogP contribution in [0, 0.1) is 0 Å². The quantitative estimate of drug-likeness (QED) is 0.434. The zero-order chi connectivity index (χ0) is 18.8. The van der Waals surface area contributed by atoms with Crippen LogP contribution in [0.15, 0.2) is 52.5 Å². The second kappa shape index (κ2) is 8.14. The lowest BCUT2D eigenvalue weighted by atomic mass is 9.93. The topological polar surface area (TPSA) is 22.1 Å². The molecular formula is C19H22F2NOPS2. The van der Waals surface area contributed by atoms with Gasteiger partial charge in [0.25, 0.3) is 5.66 Å². The lowest BCUT2D eigenvalue weighted by molar-refractivity contribution is 0.00198. The maximum absolute atomic E-state index is 13.6. The number of hydrogen-bond acceptors (Lipinski definition) is 4. The largest absolute Gasteiger partial charge is 0.373 e. The van der Waals surface area contributed by atoms with E-state index in [1.54, 1.807) is 44.9 Å². The van der Waals surface area contributed by atoms with Crippen LogP contribution < -0.4 is 0 Å². The molecule has 1 aliphatic heterocycles. The van der Waals surface area contributed by atoms with Crippen molar-refractivity contribution in [3.8, 4) is 0 Å². The fraction of sp³-hybridized carbons (Fsp3) is 0.421. The molecule has 0 N–H and O–H groups in total. The van der Waals surface area contributed by atoms with E-state index in [-0.39, 0.29) is 16.4 Å². The third kappa shape index (κ3) is 4.98. The Morgan fingerprint density at radius 3 is 2.77 bits per heavy atom. The molecule has 2 heterocycles. The molecule has 140 valence electrons. The van der Waals surface area contributed by atoms with Crippen molar-refractivity contribution in [1.82, 2.24) is 4.98 Å². The molecule has 1 aromatic heterocycles. The van der Waals surface area contributed by atoms with Crippen LogP contribution >= 0.6 is 32.8 Å². The van der Waals surface area contributed by atoms with E-state index in [1.807, 2.05) is 24.6 Å². The second-order valence-electron chi connectivity index (χ2n) is 6.65. The molecule has 2 aromatic rings. The zero-order valence-corrected chi connectivity index (χ0v) is 17.5. The van der Waals surface area contributed by atoms with Crippen molar-refractivity contribution >= 4 is 32.8 Å². The number of alkyl halides is 2. The fourth-order valence-electron chi connectivity index (χ4n) is 3.03. The van der Waals surface area contributed by atoms with E-state index >= 15 is 0 Å². The third-order valence-corrected chi connectivity index (χ3v) is 6.84. The molecule has 3 rings (SSSR count). The van der Waals surface area contributed by atoms with Gasteiger partial charge in [0.05, 0.1) is 11.1 Å². The van der Waals surface area contributed by atoms with Crippen LogP contribution in [-0.2, 0) is 10.4 Å². The molecule has 3 atom stereocenters. The molecule has 26 heavy (non-hydrogen) atoms. The molecule has 0 radical (unpaired) electrons. The summed E-state index contributed by atoms with van der Waals surface area (Å²) in [6.07, 6.45) is 5.56. The summed E-state index contributed by atoms with van der Waals surface area (Å²) in [5, 5.41) is 0.983. The summed E-state index contributed by atoms with van der Waals surface area (Å²) >= 11 is 3.27. The summed E-state index contributed by atoms with van der Waals surface area (Å²) in [4.78, 5) is 5.30. The summed E-state index contributed by atoms with van der Waals surface area (Å²) in [7, 11) is 1.61. The van der Waals surface area contributed by atoms with Crippen molar-refractivity contribution in [2.75, 3.05) is 12.9 Å². The highest BCUT2D eigenvalue weighted by Gasteiger charge is 2.35. The van der Waals surface area contributed by atoms with E-state index in [1.165, 1.54) is 6.07 Å². The highest BCUT2D eigenvalue weighted by Crippen LogP contribution is 2.47. The van der Waals surface area contributed by atoms with Gasteiger partial charge in [0, 0.05) is 28.0 Å². The minimum atomic E-state index is -2.90. The van der Waals surface area contributed by atoms with Crippen molar-refractivity contribution in [2.45, 2.75) is 46.2 Å². The number of halogens is 2. The van der Waals surface area contributed by atoms with Gasteiger partial charge in [-0.15, -0.1) is 23.5 Å². The number of benzene rings is 1. The first-order chi connectivity index (χ1) is 12.3. The molecule has 0 aliphatic carbocycles. The van der Waals surface area contributed by atoms with E-state index in [9.17, 15) is 8.78 Å². The maximum Gasteiger partial charge on any atom is 0.283 e. The fourth-order valence-corrected chi connectivity index (χ4v) is 4.89. The van der Waals surface area contributed by atoms with Gasteiger partial charge in [-0.05, 0) is 49.8 Å². The molecule has 0 spiro atoms. The molecule has 1 aliphatic rings. The van der Waals surface area contributed by atoms with Gasteiger partial charge in [-0.2, -0.15) is 8.78 Å². The molecule has 3 unspecified atom stereocenters. The SMILES string of the molecule is CSc1ccc(C2CC(C)(Sc3cccc(C(F)(F)P)c3)CCO2)cn1. The van der Waals surface area contributed by atoms with Crippen molar-refractivity contribution in [3.05, 3.63) is 53.7 Å². The zero-order valence-electron chi connectivity index (χ0n) is 14.7. The van der Waals surface area contributed by atoms with Gasteiger partial charge in [0.15, 0.2) is 0 Å². The van der Waals surface area contributed by atoms with Crippen LogP contribution in [-0.4, -0.2) is 22.6 Å². The summed E-state index contributed by atoms with van der Waals surface area (Å²) < 4.78 is 33.0. The number of thioether (sulfide) groups is 2. The number of pyridine rings is 1. The molecule has 1 saturated heterocycles. The van der Waals surface area contributed by atoms with Crippen LogP contribution in [0.1, 0.15) is 37.0 Å². The molecule has 1 fully saturated rings. The Kier molecular flexibility index (Phi) is 6.28. The van der Waals surface area contributed by atoms with Gasteiger partial charge in [0.1, 0.15) is 0 Å². The van der Waals surface area contributed by atoms with Crippen LogP contribution in [0.4, 0.5) is 8.78 Å². The van der Waals surface area contributed by atoms with E-state index in [4.69, 9.17) is 4.74 Å². The summed E-state index contributed by atoms with van der Waals surface area (Å²) in [5.41, 5.74) is -1.81. The summed E-state index contributed by atoms with van der Waals surface area (Å²) in [6.45, 7) is 2.83. The minimum Gasteiger partial charge on any atom is -0.373 e. The molecule has 0 saturated carbocycles. The van der Waals surface area contributed by atoms with Crippen LogP contribution in [0.3, 0.4) is 0 Å². The molecule has 0 amide bonds. The first-order valence-corrected chi connectivity index (χ1v) is 11.0. The predicted molar refractivity (Wildman–Crippen MR) is 108 cm³/mol. The summed E-state index contributed by atoms with van der Waals surface area (Å²) in [6, 6.07) is 10.7. The van der Waals surface area contributed by atoms with Gasteiger partial charge in [-0.1, -0.05) is 27.4 Å². The van der Waals surface area contributed by atoms with E-state index in [2.05, 4.69) is 18.0 Å². The van der Waals surface area contributed by atoms with Crippen LogP contribution in [0.5, 0.6) is 0 Å². The van der Waals surface area contributed by atoms with E-state index < -0.39 is 5.66 Å². The lowest BCUT2D eigenvalue weighted by Gasteiger charge is -2.38. The van der Waals surface area contributed by atoms with Gasteiger partial charge in [-0.3, -0.25) is 0 Å². The van der Waals surface area contributed by atoms with Crippen molar-refractivity contribution in [3.63, 3.8) is 0 Å². The molecule has 1 aromatic carbocycles. The standard InChI is InChI=1S/C19H22F2NOPS2/c1-18(26-15-5-3-4-14(10-15)19(20,21)24)8-9-23-16(11-18)13-6-7-17(25-2)22-12-13/h3-7,10,12,16H,8-9,11,24H2,1-2H3. The number of rotatable bonds is 5. The Morgan fingerprint density at radius 1 is 1.31 bits per heavy atom. The van der Waals surface area contributed by atoms with Gasteiger partial charge in [-0.25, -0.2) is 4.98 Å². The van der Waals surface area contributed by atoms with Gasteiger partial charge in [0.2, 0.25) is 0 Å². The van der Waals surface area contributed by atoms with Crippen molar-refractivity contribution < 1.29 is 13.5 Å². The Bertz CT molecular complexity index is 754. The maximum atomic E-state index is 13.6. The molecule has 0 bridgehead atoms. The highest BCUT2D eigenvalue weighted by atomic mass is 32.2. The Hall–Kier alpha value is -0.680. The minimum absolute atomic E-state index is 0.0176. The second-order valence-corrected chi connectivity index (χ2v) is 9.86. The number of hydrogen-bond donors (Lipinski definition) is 0. The Morgan fingerprint density at radius 2 is 2.12 bits per heavy atom. The average Bonchev–Trinajstić information content (AvgIpc) is 2.61. The highest BCUT2D eigenvalue weighted by molar-refractivity contribution is 8.00. The molecular weight excluding hydrogens is 391 g/mol. The van der Waals surface area contributed by atoms with E-state index in [0.29, 0.717) is 6.61 Å². The first-order valence-electron chi connectivity index (χ1n) is 8.37. The van der Waals surface area contributed by atoms with Gasteiger partial charge < -0.3 is 4.74 Å². The normalized spacial score (nSPS) is 23.8. The monoisotopic (exact) mass is 413 g/mol. The Balaban J connectivity index is 1.75. The van der Waals surface area contributed by atoms with E-state index in [0.717, 1.165) is 28.3 Å². The first kappa shape index (κ1) is 20.1. The number of ether oxygens (including phenoxy) is 1. The van der Waals surface area contributed by atoms with Crippen molar-refractivity contribution in [2.24, 2.45) is 0 Å². The summed E-state index contributed by atoms with van der Waals surface area (Å²) in [5.74, 6) is 0. The average molecular weight is 413 g/mol. The molecule has 2 nitrogen and oxygen atoms in total. The number of aromatic nitrogens is 1.